The maximum absolute atomic E-state index is 12.5. The van der Waals surface area contributed by atoms with Crippen LogP contribution in [0.4, 0.5) is 6.01 Å². The lowest BCUT2D eigenvalue weighted by molar-refractivity contribution is 0.102. The van der Waals surface area contributed by atoms with Crippen LogP contribution in [0.2, 0.25) is 0 Å². The zero-order valence-corrected chi connectivity index (χ0v) is 17.8. The number of carbonyl (C=O) groups is 1. The van der Waals surface area contributed by atoms with Crippen LogP contribution < -0.4 is 10.1 Å². The molecule has 160 valence electrons. The molecule has 0 aliphatic heterocycles. The number of nitrogens with one attached hydrogen (secondary N) is 1. The molecule has 2 heterocycles. The molecule has 0 saturated carbocycles. The largest absolute Gasteiger partial charge is 0.493 e. The molecule has 0 aliphatic rings. The van der Waals surface area contributed by atoms with Crippen LogP contribution in [0.5, 0.6) is 5.75 Å². The summed E-state index contributed by atoms with van der Waals surface area (Å²) in [5.74, 6) is 0.470. The van der Waals surface area contributed by atoms with E-state index in [0.717, 1.165) is 5.39 Å². The number of benzene rings is 2. The van der Waals surface area contributed by atoms with E-state index in [-0.39, 0.29) is 22.4 Å². The normalized spacial score (nSPS) is 11.7. The summed E-state index contributed by atoms with van der Waals surface area (Å²) in [6.07, 6.45) is 0. The van der Waals surface area contributed by atoms with Gasteiger partial charge in [-0.05, 0) is 50.2 Å². The lowest BCUT2D eigenvalue weighted by Crippen LogP contribution is -2.15. The van der Waals surface area contributed by atoms with E-state index in [0.29, 0.717) is 17.1 Å². The van der Waals surface area contributed by atoms with Crippen molar-refractivity contribution in [3.05, 3.63) is 54.1 Å². The summed E-state index contributed by atoms with van der Waals surface area (Å²) >= 11 is 0. The number of para-hydroxylation sites is 1. The predicted octanol–water partition coefficient (Wildman–Crippen LogP) is 3.93. The van der Waals surface area contributed by atoms with Crippen molar-refractivity contribution in [2.45, 2.75) is 24.0 Å². The Bertz CT molecular complexity index is 1350. The van der Waals surface area contributed by atoms with Gasteiger partial charge in [-0.25, -0.2) is 8.42 Å². The summed E-state index contributed by atoms with van der Waals surface area (Å²) in [4.78, 5) is 12.6. The Hall–Kier alpha value is -3.66. The number of ether oxygens (including phenoxy) is 1. The van der Waals surface area contributed by atoms with Crippen LogP contribution in [-0.2, 0) is 9.84 Å². The maximum atomic E-state index is 12.5. The first-order chi connectivity index (χ1) is 14.8. The van der Waals surface area contributed by atoms with Gasteiger partial charge in [0.2, 0.25) is 0 Å². The molecule has 1 N–H and O–H groups in total. The van der Waals surface area contributed by atoms with Crippen molar-refractivity contribution in [1.82, 2.24) is 10.2 Å². The molecule has 0 saturated heterocycles. The van der Waals surface area contributed by atoms with Crippen LogP contribution in [0, 0.1) is 0 Å². The van der Waals surface area contributed by atoms with Gasteiger partial charge in [-0.1, -0.05) is 17.2 Å². The van der Waals surface area contributed by atoms with Crippen LogP contribution >= 0.6 is 0 Å². The van der Waals surface area contributed by atoms with Crippen molar-refractivity contribution < 1.29 is 26.8 Å². The Morgan fingerprint density at radius 2 is 1.81 bits per heavy atom. The van der Waals surface area contributed by atoms with Crippen molar-refractivity contribution in [2.75, 3.05) is 12.4 Å². The minimum absolute atomic E-state index is 0.0897. The second kappa shape index (κ2) is 7.88. The monoisotopic (exact) mass is 441 g/mol. The van der Waals surface area contributed by atoms with Gasteiger partial charge in [-0.2, -0.15) is 0 Å². The standard InChI is InChI=1S/C21H19N3O6S/c1-12(2)31(26,27)15-9-7-13(8-10-15)19(25)22-21-24-23-20(30-21)17-11-14-5-4-6-16(28-3)18(14)29-17/h4-12H,1-3H3,(H,22,24,25). The smallest absolute Gasteiger partial charge is 0.322 e. The molecule has 2 aromatic carbocycles. The number of nitrogens with zero attached hydrogens (tertiary/aromatic N) is 2. The average molecular weight is 441 g/mol. The molecule has 10 heteroatoms. The van der Waals surface area contributed by atoms with E-state index in [9.17, 15) is 13.2 Å². The molecule has 31 heavy (non-hydrogen) atoms. The molecular formula is C21H19N3O6S. The van der Waals surface area contributed by atoms with Crippen molar-refractivity contribution in [3.8, 4) is 17.4 Å². The number of aromatic nitrogens is 2. The average Bonchev–Trinajstić information content (AvgIpc) is 3.40. The minimum atomic E-state index is -3.41. The summed E-state index contributed by atoms with van der Waals surface area (Å²) in [6, 6.07) is 12.7. The van der Waals surface area contributed by atoms with Crippen molar-refractivity contribution in [3.63, 3.8) is 0 Å². The van der Waals surface area contributed by atoms with E-state index in [1.54, 1.807) is 33.1 Å². The van der Waals surface area contributed by atoms with E-state index < -0.39 is 21.0 Å². The van der Waals surface area contributed by atoms with E-state index in [2.05, 4.69) is 15.5 Å². The lowest BCUT2D eigenvalue weighted by atomic mass is 10.2. The van der Waals surface area contributed by atoms with Gasteiger partial charge in [-0.15, -0.1) is 5.10 Å². The molecule has 0 fully saturated rings. The number of hydrogen-bond acceptors (Lipinski definition) is 8. The molecule has 4 aromatic rings. The number of fused-ring (bicyclic) bond motifs is 1. The Balaban J connectivity index is 1.52. The van der Waals surface area contributed by atoms with Crippen LogP contribution in [0.25, 0.3) is 22.6 Å². The molecular weight excluding hydrogens is 422 g/mol. The Labute approximate surface area is 177 Å². The van der Waals surface area contributed by atoms with Gasteiger partial charge in [0.1, 0.15) is 0 Å². The third-order valence-corrected chi connectivity index (χ3v) is 6.82. The highest BCUT2D eigenvalue weighted by molar-refractivity contribution is 7.92. The number of anilines is 1. The third-order valence-electron chi connectivity index (χ3n) is 4.65. The maximum Gasteiger partial charge on any atom is 0.322 e. The number of hydrogen-bond donors (Lipinski definition) is 1. The van der Waals surface area contributed by atoms with E-state index in [4.69, 9.17) is 13.6 Å². The SMILES string of the molecule is COc1cccc2cc(-c3nnc(NC(=O)c4ccc(S(=O)(=O)C(C)C)cc4)o3)oc12. The number of sulfone groups is 1. The molecule has 0 spiro atoms. The van der Waals surface area contributed by atoms with Gasteiger partial charge >= 0.3 is 6.01 Å². The highest BCUT2D eigenvalue weighted by atomic mass is 32.2. The van der Waals surface area contributed by atoms with Crippen LogP contribution in [0.15, 0.2) is 62.3 Å². The van der Waals surface area contributed by atoms with E-state index in [1.165, 1.54) is 24.3 Å². The zero-order chi connectivity index (χ0) is 22.2. The van der Waals surface area contributed by atoms with Crippen LogP contribution in [0.3, 0.4) is 0 Å². The summed E-state index contributed by atoms with van der Waals surface area (Å²) in [5.41, 5.74) is 0.788. The lowest BCUT2D eigenvalue weighted by Gasteiger charge is -2.08. The Morgan fingerprint density at radius 3 is 2.48 bits per heavy atom. The summed E-state index contributed by atoms with van der Waals surface area (Å²) in [5, 5.41) is 10.5. The number of carbonyl (C=O) groups excluding carboxylic acids is 1. The summed E-state index contributed by atoms with van der Waals surface area (Å²) in [7, 11) is -1.87. The first-order valence-electron chi connectivity index (χ1n) is 9.35. The van der Waals surface area contributed by atoms with Crippen molar-refractivity contribution in [2.24, 2.45) is 0 Å². The van der Waals surface area contributed by atoms with Gasteiger partial charge in [0.05, 0.1) is 17.3 Å². The molecule has 9 nitrogen and oxygen atoms in total. The molecule has 1 amide bonds. The van der Waals surface area contributed by atoms with Gasteiger partial charge in [0.25, 0.3) is 11.8 Å². The van der Waals surface area contributed by atoms with Gasteiger partial charge < -0.3 is 13.6 Å². The Morgan fingerprint density at radius 1 is 1.06 bits per heavy atom. The van der Waals surface area contributed by atoms with E-state index >= 15 is 0 Å². The summed E-state index contributed by atoms with van der Waals surface area (Å²) < 4.78 is 40.9. The predicted molar refractivity (Wildman–Crippen MR) is 113 cm³/mol. The zero-order valence-electron chi connectivity index (χ0n) is 16.9. The van der Waals surface area contributed by atoms with Gasteiger partial charge in [0, 0.05) is 10.9 Å². The fourth-order valence-corrected chi connectivity index (χ4v) is 3.97. The number of methoxy groups -OCH3 is 1. The highest BCUT2D eigenvalue weighted by Crippen LogP contribution is 2.33. The van der Waals surface area contributed by atoms with Crippen molar-refractivity contribution in [1.29, 1.82) is 0 Å². The number of rotatable bonds is 6. The molecule has 4 rings (SSSR count). The quantitative estimate of drug-likeness (QED) is 0.477. The fraction of sp³-hybridized carbons (Fsp3) is 0.190. The number of furan rings is 1. The minimum Gasteiger partial charge on any atom is -0.493 e. The third kappa shape index (κ3) is 3.89. The molecule has 2 aromatic heterocycles. The summed E-state index contributed by atoms with van der Waals surface area (Å²) in [6.45, 7) is 3.20. The van der Waals surface area contributed by atoms with Crippen molar-refractivity contribution >= 4 is 32.7 Å². The van der Waals surface area contributed by atoms with Crippen LogP contribution in [-0.4, -0.2) is 36.9 Å². The molecule has 0 radical (unpaired) electrons. The molecule has 0 aliphatic carbocycles. The topological polar surface area (TPSA) is 125 Å². The fourth-order valence-electron chi connectivity index (χ4n) is 2.91. The number of amides is 1. The second-order valence-electron chi connectivity index (χ2n) is 6.97. The first-order valence-corrected chi connectivity index (χ1v) is 10.9. The van der Waals surface area contributed by atoms with Gasteiger partial charge in [-0.3, -0.25) is 10.1 Å². The highest BCUT2D eigenvalue weighted by Gasteiger charge is 2.20. The second-order valence-corrected chi connectivity index (χ2v) is 9.48. The van der Waals surface area contributed by atoms with Gasteiger partial charge in [0.15, 0.2) is 26.9 Å². The van der Waals surface area contributed by atoms with E-state index in [1.807, 2.05) is 12.1 Å². The molecule has 0 bridgehead atoms. The first kappa shape index (κ1) is 20.6. The molecule has 0 atom stereocenters. The Kier molecular flexibility index (Phi) is 5.24. The molecule has 0 unspecified atom stereocenters. The van der Waals surface area contributed by atoms with Crippen LogP contribution in [0.1, 0.15) is 24.2 Å².